The van der Waals surface area contributed by atoms with Crippen LogP contribution < -0.4 is 10.6 Å². The summed E-state index contributed by atoms with van der Waals surface area (Å²) in [7, 11) is 0. The highest BCUT2D eigenvalue weighted by atomic mass is 16.4. The third-order valence-electron chi connectivity index (χ3n) is 6.01. The summed E-state index contributed by atoms with van der Waals surface area (Å²) in [6, 6.07) is 7.02. The van der Waals surface area contributed by atoms with Gasteiger partial charge in [0.2, 0.25) is 5.91 Å². The van der Waals surface area contributed by atoms with E-state index in [2.05, 4.69) is 20.2 Å². The number of carbonyl (C=O) groups is 2. The maximum absolute atomic E-state index is 12.6. The van der Waals surface area contributed by atoms with Gasteiger partial charge in [-0.3, -0.25) is 9.48 Å². The molecule has 3 aromatic heterocycles. The van der Waals surface area contributed by atoms with Crippen LogP contribution in [0.2, 0.25) is 0 Å². The second kappa shape index (κ2) is 10.8. The minimum Gasteiger partial charge on any atom is -0.477 e. The number of carboxylic acid groups (broad SMARTS) is 1. The number of nitrogens with two attached hydrogens (primary N) is 1. The number of rotatable bonds is 10. The predicted molar refractivity (Wildman–Crippen MR) is 126 cm³/mol. The van der Waals surface area contributed by atoms with E-state index in [1.54, 1.807) is 39.8 Å². The van der Waals surface area contributed by atoms with Crippen molar-refractivity contribution in [2.45, 2.75) is 38.8 Å². The third-order valence-corrected chi connectivity index (χ3v) is 6.01. The minimum absolute atomic E-state index is 0.207. The largest absolute Gasteiger partial charge is 0.477 e. The zero-order valence-corrected chi connectivity index (χ0v) is 19.1. The first-order chi connectivity index (χ1) is 16.5. The number of carboxylic acids is 1. The fourth-order valence-electron chi connectivity index (χ4n) is 4.12. The molecule has 1 saturated heterocycles. The van der Waals surface area contributed by atoms with E-state index in [4.69, 9.17) is 5.73 Å². The van der Waals surface area contributed by atoms with E-state index in [0.29, 0.717) is 31.0 Å². The number of pyridine rings is 1. The molecule has 1 amide bonds. The van der Waals surface area contributed by atoms with E-state index < -0.39 is 5.97 Å². The highest BCUT2D eigenvalue weighted by molar-refractivity contribution is 5.85. The Morgan fingerprint density at radius 1 is 1.06 bits per heavy atom. The number of aryl methyl sites for hydroxylation is 1. The lowest BCUT2D eigenvalue weighted by molar-refractivity contribution is -0.131. The average molecular weight is 467 g/mol. The number of aromatic nitrogens is 5. The lowest BCUT2D eigenvalue weighted by Crippen LogP contribution is -2.48. The monoisotopic (exact) mass is 466 g/mol. The quantitative estimate of drug-likeness (QED) is 0.431. The van der Waals surface area contributed by atoms with Crippen LogP contribution in [0.4, 0.5) is 11.5 Å². The molecule has 3 aromatic rings. The number of amides is 1. The van der Waals surface area contributed by atoms with Crippen LogP contribution in [0.1, 0.15) is 41.9 Å². The number of piperazine rings is 1. The number of hydrogen-bond acceptors (Lipinski definition) is 7. The highest BCUT2D eigenvalue weighted by Gasteiger charge is 2.21. The molecule has 0 saturated carbocycles. The molecule has 4 rings (SSSR count). The molecule has 0 aliphatic carbocycles. The van der Waals surface area contributed by atoms with Gasteiger partial charge in [-0.2, -0.15) is 0 Å². The Hall–Kier alpha value is -3.89. The second-order valence-corrected chi connectivity index (χ2v) is 8.42. The normalized spacial score (nSPS) is 13.9. The topological polar surface area (TPSA) is 135 Å². The first-order valence-electron chi connectivity index (χ1n) is 11.5. The maximum atomic E-state index is 12.6. The van der Waals surface area contributed by atoms with Crippen LogP contribution in [-0.2, 0) is 17.9 Å². The number of hydrogen-bond donors (Lipinski definition) is 2. The number of carbonyl (C=O) groups excluding carboxylic acids is 1. The van der Waals surface area contributed by atoms with E-state index in [9.17, 15) is 14.7 Å². The van der Waals surface area contributed by atoms with Crippen LogP contribution in [0.25, 0.3) is 0 Å². The first-order valence-corrected chi connectivity index (χ1v) is 11.5. The summed E-state index contributed by atoms with van der Waals surface area (Å²) < 4.78 is 3.40. The fourth-order valence-corrected chi connectivity index (χ4v) is 4.12. The number of nitrogen functional groups attached to an aromatic ring is 1. The molecule has 0 bridgehead atoms. The zero-order valence-electron chi connectivity index (χ0n) is 19.1. The molecule has 4 heterocycles. The Balaban J connectivity index is 1.12. The summed E-state index contributed by atoms with van der Waals surface area (Å²) in [4.78, 5) is 32.1. The summed E-state index contributed by atoms with van der Waals surface area (Å²) in [5.41, 5.74) is 7.62. The Morgan fingerprint density at radius 2 is 1.88 bits per heavy atom. The van der Waals surface area contributed by atoms with Gasteiger partial charge in [0, 0.05) is 45.3 Å². The van der Waals surface area contributed by atoms with Crippen LogP contribution in [0.3, 0.4) is 0 Å². The van der Waals surface area contributed by atoms with E-state index >= 15 is 0 Å². The maximum Gasteiger partial charge on any atom is 0.352 e. The predicted octanol–water partition coefficient (Wildman–Crippen LogP) is 1.71. The molecular weight excluding hydrogens is 436 g/mol. The van der Waals surface area contributed by atoms with E-state index in [1.807, 2.05) is 17.2 Å². The molecule has 180 valence electrons. The highest BCUT2D eigenvalue weighted by Crippen LogP contribution is 2.17. The Bertz CT molecular complexity index is 1100. The summed E-state index contributed by atoms with van der Waals surface area (Å²) in [5, 5.41) is 17.5. The van der Waals surface area contributed by atoms with Crippen molar-refractivity contribution < 1.29 is 14.7 Å². The lowest BCUT2D eigenvalue weighted by atomic mass is 10.1. The summed E-state index contributed by atoms with van der Waals surface area (Å²) >= 11 is 0. The summed E-state index contributed by atoms with van der Waals surface area (Å²) in [6.45, 7) is 4.11. The average Bonchev–Trinajstić information content (AvgIpc) is 3.49. The zero-order chi connectivity index (χ0) is 23.9. The van der Waals surface area contributed by atoms with Gasteiger partial charge < -0.3 is 25.2 Å². The van der Waals surface area contributed by atoms with Crippen LogP contribution in [0.15, 0.2) is 42.9 Å². The van der Waals surface area contributed by atoms with Crippen LogP contribution in [-0.4, -0.2) is 72.6 Å². The lowest BCUT2D eigenvalue weighted by Gasteiger charge is -2.36. The molecule has 0 spiro atoms. The first kappa shape index (κ1) is 23.3. The molecule has 3 N–H and O–H groups in total. The van der Waals surface area contributed by atoms with Gasteiger partial charge in [0.1, 0.15) is 17.2 Å². The Labute approximate surface area is 197 Å². The minimum atomic E-state index is -0.965. The van der Waals surface area contributed by atoms with Crippen LogP contribution in [0, 0.1) is 0 Å². The van der Waals surface area contributed by atoms with E-state index in [0.717, 1.165) is 51.1 Å². The molecule has 0 aromatic carbocycles. The van der Waals surface area contributed by atoms with Gasteiger partial charge in [0.15, 0.2) is 0 Å². The fraction of sp³-hybridized carbons (Fsp3) is 0.435. The molecule has 0 atom stereocenters. The molecule has 1 aliphatic heterocycles. The molecular formula is C23H30N8O3. The number of nitrogens with zero attached hydrogens (tertiary/aromatic N) is 7. The van der Waals surface area contributed by atoms with Crippen molar-refractivity contribution in [3.63, 3.8) is 0 Å². The van der Waals surface area contributed by atoms with Crippen molar-refractivity contribution in [3.05, 3.63) is 54.2 Å². The summed E-state index contributed by atoms with van der Waals surface area (Å²) in [6.07, 6.45) is 8.56. The third kappa shape index (κ3) is 5.91. The van der Waals surface area contributed by atoms with Crippen molar-refractivity contribution in [1.82, 2.24) is 29.4 Å². The Kier molecular flexibility index (Phi) is 7.41. The number of aromatic carboxylic acids is 1. The second-order valence-electron chi connectivity index (χ2n) is 8.42. The molecule has 1 fully saturated rings. The number of unbranched alkanes of at least 4 members (excludes halogenated alkanes) is 2. The van der Waals surface area contributed by atoms with Gasteiger partial charge >= 0.3 is 5.97 Å². The molecule has 34 heavy (non-hydrogen) atoms. The molecule has 0 radical (unpaired) electrons. The standard InChI is InChI=1S/C23H30N8O3/c24-21-8-7-19(15-25-21)28-11-13-29(14-12-28)22(32)6-2-1-3-10-31-17-18(26-27-31)16-30-9-4-5-20(30)23(33)34/h4-5,7-9,15,17H,1-3,6,10-14,16H2,(H2,24,25)(H,33,34). The number of anilines is 2. The van der Waals surface area contributed by atoms with Crippen LogP contribution in [0.5, 0.6) is 0 Å². The van der Waals surface area contributed by atoms with E-state index in [-0.39, 0.29) is 11.6 Å². The van der Waals surface area contributed by atoms with Gasteiger partial charge in [0.05, 0.1) is 24.6 Å². The molecule has 0 unspecified atom stereocenters. The van der Waals surface area contributed by atoms with E-state index in [1.165, 1.54) is 0 Å². The molecule has 11 nitrogen and oxygen atoms in total. The van der Waals surface area contributed by atoms with Crippen molar-refractivity contribution in [2.75, 3.05) is 36.8 Å². The van der Waals surface area contributed by atoms with Crippen molar-refractivity contribution >= 4 is 23.4 Å². The van der Waals surface area contributed by atoms with Gasteiger partial charge in [-0.15, -0.1) is 5.10 Å². The molecule has 1 aliphatic rings. The van der Waals surface area contributed by atoms with Gasteiger partial charge in [-0.05, 0) is 37.1 Å². The summed E-state index contributed by atoms with van der Waals surface area (Å²) in [5.74, 6) is -0.250. The van der Waals surface area contributed by atoms with Crippen molar-refractivity contribution in [3.8, 4) is 0 Å². The SMILES string of the molecule is Nc1ccc(N2CCN(C(=O)CCCCCn3cc(Cn4cccc4C(=O)O)nn3)CC2)cn1. The van der Waals surface area contributed by atoms with Gasteiger partial charge in [0.25, 0.3) is 0 Å². The molecule has 11 heteroatoms. The Morgan fingerprint density at radius 3 is 2.62 bits per heavy atom. The van der Waals surface area contributed by atoms with Gasteiger partial charge in [-0.25, -0.2) is 9.78 Å². The van der Waals surface area contributed by atoms with Crippen LogP contribution >= 0.6 is 0 Å². The van der Waals surface area contributed by atoms with Crippen molar-refractivity contribution in [1.29, 1.82) is 0 Å². The smallest absolute Gasteiger partial charge is 0.352 e. The van der Waals surface area contributed by atoms with Crippen molar-refractivity contribution in [2.24, 2.45) is 0 Å². The van der Waals surface area contributed by atoms with Gasteiger partial charge in [-0.1, -0.05) is 11.6 Å².